The number of benzene rings is 2. The molecule has 0 aromatic heterocycles. The second-order valence-electron chi connectivity index (χ2n) is 6.68. The van der Waals surface area contributed by atoms with Crippen LogP contribution in [0, 0.1) is 0 Å². The second kappa shape index (κ2) is 11.9. The third-order valence-corrected chi connectivity index (χ3v) is 4.98. The number of carbonyl (C=O) groups excluding carboxylic acids is 3. The van der Waals surface area contributed by atoms with Gasteiger partial charge in [-0.2, -0.15) is 0 Å². The molecule has 1 aliphatic rings. The number of methoxy groups -OCH3 is 1. The summed E-state index contributed by atoms with van der Waals surface area (Å²) in [7, 11) is 1.27. The third-order valence-electron chi connectivity index (χ3n) is 4.98. The fraction of sp³-hybridized carbons (Fsp3) is 0.174. The number of carboxylic acids is 2. The van der Waals surface area contributed by atoms with E-state index in [0.29, 0.717) is 11.1 Å². The number of hydrogen-bond acceptors (Lipinski definition) is 6. The molecule has 1 unspecified atom stereocenters. The average Bonchev–Trinajstić information content (AvgIpc) is 2.72. The van der Waals surface area contributed by atoms with E-state index in [-0.39, 0.29) is 94.4 Å². The van der Waals surface area contributed by atoms with Gasteiger partial charge in [-0.3, -0.25) is 4.79 Å². The third kappa shape index (κ3) is 6.05. The van der Waals surface area contributed by atoms with Gasteiger partial charge in [-0.25, -0.2) is 0 Å². The molecule has 3 rings (SSSR count). The normalized spacial score (nSPS) is 20.6. The van der Waals surface area contributed by atoms with E-state index in [4.69, 9.17) is 4.74 Å². The van der Waals surface area contributed by atoms with Crippen LogP contribution >= 0.6 is 0 Å². The molecule has 0 N–H and O–H groups in total. The standard InChI is InChI=1S/C23H20O6.2Na/c1-29-23(22(27)28)12-11-20(24)18(19(23)14-15-5-3-2-4-6-15)13-16-7-9-17(10-8-16)21(25)26;;/h2-10,13-14H,11-12H2,1H3,(H,25,26)(H,27,28);;/q;2*+1/p-2. The summed E-state index contributed by atoms with van der Waals surface area (Å²) < 4.78 is 5.38. The molecule has 1 fully saturated rings. The fourth-order valence-corrected chi connectivity index (χ4v) is 3.38. The van der Waals surface area contributed by atoms with Crippen molar-refractivity contribution in [1.29, 1.82) is 0 Å². The molecule has 6 nitrogen and oxygen atoms in total. The Labute approximate surface area is 224 Å². The van der Waals surface area contributed by atoms with Crippen LogP contribution in [0.3, 0.4) is 0 Å². The van der Waals surface area contributed by atoms with E-state index >= 15 is 0 Å². The number of aromatic carboxylic acids is 1. The Bertz CT molecular complexity index is 1010. The molecule has 31 heavy (non-hydrogen) atoms. The van der Waals surface area contributed by atoms with Crippen molar-refractivity contribution in [3.05, 3.63) is 82.4 Å². The van der Waals surface area contributed by atoms with Crippen molar-refractivity contribution in [2.24, 2.45) is 0 Å². The van der Waals surface area contributed by atoms with Gasteiger partial charge in [-0.05, 0) is 35.3 Å². The number of hydrogen-bond donors (Lipinski definition) is 0. The van der Waals surface area contributed by atoms with Crippen molar-refractivity contribution in [3.8, 4) is 0 Å². The van der Waals surface area contributed by atoms with Crippen molar-refractivity contribution >= 4 is 29.9 Å². The van der Waals surface area contributed by atoms with Crippen LogP contribution in [0.2, 0.25) is 0 Å². The zero-order valence-corrected chi connectivity index (χ0v) is 21.7. The number of carboxylic acid groups (broad SMARTS) is 2. The summed E-state index contributed by atoms with van der Waals surface area (Å²) in [5.41, 5.74) is -0.122. The molecule has 0 radical (unpaired) electrons. The molecule has 1 saturated carbocycles. The van der Waals surface area contributed by atoms with Gasteiger partial charge >= 0.3 is 59.1 Å². The summed E-state index contributed by atoms with van der Waals surface area (Å²) >= 11 is 0. The Hall–Kier alpha value is -1.51. The minimum atomic E-state index is -1.76. The van der Waals surface area contributed by atoms with Crippen LogP contribution in [0.5, 0.6) is 0 Å². The molecule has 2 aromatic carbocycles. The van der Waals surface area contributed by atoms with Gasteiger partial charge in [0.15, 0.2) is 5.78 Å². The van der Waals surface area contributed by atoms with Crippen LogP contribution < -0.4 is 69.3 Å². The Morgan fingerprint density at radius 3 is 2.03 bits per heavy atom. The predicted octanol–water partition coefficient (Wildman–Crippen LogP) is -4.98. The van der Waals surface area contributed by atoms with Crippen molar-refractivity contribution in [1.82, 2.24) is 0 Å². The second-order valence-corrected chi connectivity index (χ2v) is 6.68. The first-order valence-electron chi connectivity index (χ1n) is 8.98. The van der Waals surface area contributed by atoms with E-state index < -0.39 is 17.5 Å². The first-order valence-corrected chi connectivity index (χ1v) is 8.98. The van der Waals surface area contributed by atoms with Crippen molar-refractivity contribution in [2.75, 3.05) is 7.11 Å². The van der Waals surface area contributed by atoms with Gasteiger partial charge in [-0.1, -0.05) is 54.6 Å². The van der Waals surface area contributed by atoms with E-state index in [1.165, 1.54) is 37.5 Å². The van der Waals surface area contributed by atoms with Crippen molar-refractivity contribution in [2.45, 2.75) is 18.4 Å². The van der Waals surface area contributed by atoms with Crippen LogP contribution in [-0.2, 0) is 14.3 Å². The first-order chi connectivity index (χ1) is 13.9. The Morgan fingerprint density at radius 1 is 0.935 bits per heavy atom. The van der Waals surface area contributed by atoms with E-state index in [2.05, 4.69) is 0 Å². The Morgan fingerprint density at radius 2 is 1.52 bits per heavy atom. The van der Waals surface area contributed by atoms with Gasteiger partial charge in [0, 0.05) is 24.7 Å². The van der Waals surface area contributed by atoms with Crippen LogP contribution in [0.25, 0.3) is 12.2 Å². The number of ketones is 1. The maximum Gasteiger partial charge on any atom is 1.00 e. The van der Waals surface area contributed by atoms with Gasteiger partial charge in [0.2, 0.25) is 0 Å². The molecule has 148 valence electrons. The van der Waals surface area contributed by atoms with Crippen molar-refractivity contribution < 1.29 is 88.4 Å². The topological polar surface area (TPSA) is 107 Å². The molecule has 0 saturated heterocycles. The summed E-state index contributed by atoms with van der Waals surface area (Å²) in [6.45, 7) is 0. The van der Waals surface area contributed by atoms with Gasteiger partial charge in [0.1, 0.15) is 5.60 Å². The fourth-order valence-electron chi connectivity index (χ4n) is 3.38. The summed E-state index contributed by atoms with van der Waals surface area (Å²) in [5, 5.41) is 23.0. The van der Waals surface area contributed by atoms with E-state index in [1.54, 1.807) is 30.3 Å². The van der Waals surface area contributed by atoms with Crippen molar-refractivity contribution in [3.63, 3.8) is 0 Å². The monoisotopic (exact) mass is 436 g/mol. The number of Topliss-reactive ketones (excluding diaryl/α,β-unsaturated/α-hetero) is 1. The van der Waals surface area contributed by atoms with Crippen LogP contribution in [0.15, 0.2) is 65.7 Å². The summed E-state index contributed by atoms with van der Waals surface area (Å²) in [6, 6.07) is 14.8. The SMILES string of the molecule is COC1(C(=O)[O-])CCC(=O)C(=Cc2ccc(C(=O)[O-])cc2)C1=Cc1ccccc1.[Na+].[Na+]. The largest absolute Gasteiger partial charge is 1.00 e. The molecule has 2 aromatic rings. The quantitative estimate of drug-likeness (QED) is 0.343. The number of rotatable bonds is 5. The van der Waals surface area contributed by atoms with E-state index in [9.17, 15) is 24.6 Å². The zero-order chi connectivity index (χ0) is 21.0. The van der Waals surface area contributed by atoms with Gasteiger partial charge in [-0.15, -0.1) is 0 Å². The maximum absolute atomic E-state index is 12.7. The van der Waals surface area contributed by atoms with Gasteiger partial charge < -0.3 is 24.5 Å². The van der Waals surface area contributed by atoms with Crippen LogP contribution in [0.4, 0.5) is 0 Å². The number of aliphatic carboxylic acids is 1. The molecule has 8 heteroatoms. The van der Waals surface area contributed by atoms with Crippen LogP contribution in [-0.4, -0.2) is 30.4 Å². The summed E-state index contributed by atoms with van der Waals surface area (Å²) in [4.78, 5) is 35.7. The number of carbonyl (C=O) groups is 3. The molecule has 1 atom stereocenters. The molecule has 0 amide bonds. The predicted molar refractivity (Wildman–Crippen MR) is 102 cm³/mol. The van der Waals surface area contributed by atoms with E-state index in [1.807, 2.05) is 6.07 Å². The molecular weight excluding hydrogens is 418 g/mol. The molecule has 0 bridgehead atoms. The molecule has 0 heterocycles. The van der Waals surface area contributed by atoms with E-state index in [0.717, 1.165) is 0 Å². The Kier molecular flexibility index (Phi) is 10.6. The number of ether oxygens (including phenoxy) is 1. The summed E-state index contributed by atoms with van der Waals surface area (Å²) in [5.74, 6) is -2.96. The average molecular weight is 436 g/mol. The smallest absolute Gasteiger partial charge is 0.547 e. The summed E-state index contributed by atoms with van der Waals surface area (Å²) in [6.07, 6.45) is 3.09. The minimum absolute atomic E-state index is 0. The van der Waals surface area contributed by atoms with Crippen LogP contribution in [0.1, 0.15) is 34.3 Å². The van der Waals surface area contributed by atoms with Gasteiger partial charge in [0.25, 0.3) is 0 Å². The zero-order valence-electron chi connectivity index (χ0n) is 17.7. The molecule has 0 aliphatic heterocycles. The molecule has 0 spiro atoms. The first kappa shape index (κ1) is 27.5. The minimum Gasteiger partial charge on any atom is -0.547 e. The Balaban J connectivity index is 0.00000240. The molecule has 1 aliphatic carbocycles. The molecular formula is C23H18Na2O6. The maximum atomic E-state index is 12.7. The van der Waals surface area contributed by atoms with Gasteiger partial charge in [0.05, 0.1) is 11.9 Å².